The van der Waals surface area contributed by atoms with Gasteiger partial charge < -0.3 is 14.8 Å². The minimum Gasteiger partial charge on any atom is -0.476 e. The summed E-state index contributed by atoms with van der Waals surface area (Å²) in [7, 11) is 0. The van der Waals surface area contributed by atoms with Gasteiger partial charge in [0.25, 0.3) is 0 Å². The molecule has 0 spiro atoms. The van der Waals surface area contributed by atoms with E-state index in [0.29, 0.717) is 18.0 Å². The Morgan fingerprint density at radius 1 is 1.05 bits per heavy atom. The van der Waals surface area contributed by atoms with Gasteiger partial charge in [-0.15, -0.1) is 0 Å². The van der Waals surface area contributed by atoms with Crippen LogP contribution in [-0.2, 0) is 16.1 Å². The molecule has 0 heterocycles. The summed E-state index contributed by atoms with van der Waals surface area (Å²) in [4.78, 5) is 11.8. The molecule has 0 saturated carbocycles. The molecule has 0 aliphatic carbocycles. The van der Waals surface area contributed by atoms with E-state index in [1.165, 1.54) is 0 Å². The molecule has 2 aromatic carbocycles. The van der Waals surface area contributed by atoms with Gasteiger partial charge >= 0.3 is 0 Å². The van der Waals surface area contributed by atoms with Crippen LogP contribution < -0.4 is 10.1 Å². The molecule has 2 aromatic rings. The van der Waals surface area contributed by atoms with E-state index < -0.39 is 0 Å². The van der Waals surface area contributed by atoms with Crippen molar-refractivity contribution in [1.29, 1.82) is 0 Å². The molecule has 0 unspecified atom stereocenters. The first-order valence-electron chi connectivity index (χ1n) is 6.49. The van der Waals surface area contributed by atoms with Crippen LogP contribution in [0.3, 0.4) is 0 Å². The lowest BCUT2D eigenvalue weighted by atomic mass is 10.2. The molecule has 0 fully saturated rings. The third-order valence-corrected chi connectivity index (χ3v) is 2.83. The predicted molar refractivity (Wildman–Crippen MR) is 82.5 cm³/mol. The second-order valence-corrected chi connectivity index (χ2v) is 4.49. The number of ether oxygens (including phenoxy) is 2. The lowest BCUT2D eigenvalue weighted by Crippen LogP contribution is -2.18. The van der Waals surface area contributed by atoms with Gasteiger partial charge in [0, 0.05) is 0 Å². The molecule has 21 heavy (non-hydrogen) atoms. The first-order chi connectivity index (χ1) is 10.3. The monoisotopic (exact) mass is 305 g/mol. The van der Waals surface area contributed by atoms with E-state index in [9.17, 15) is 4.79 Å². The van der Waals surface area contributed by atoms with Crippen molar-refractivity contribution in [2.45, 2.75) is 6.61 Å². The fourth-order valence-electron chi connectivity index (χ4n) is 1.78. The lowest BCUT2D eigenvalue weighted by Gasteiger charge is -2.10. The Kier molecular flexibility index (Phi) is 6.06. The maximum Gasteiger partial charge on any atom is 0.250 e. The Bertz CT molecular complexity index is 575. The predicted octanol–water partition coefficient (Wildman–Crippen LogP) is 3.42. The Balaban J connectivity index is 1.82. The molecule has 1 amide bonds. The van der Waals surface area contributed by atoms with Gasteiger partial charge in [-0.3, -0.25) is 4.79 Å². The van der Waals surface area contributed by atoms with Crippen LogP contribution >= 0.6 is 11.6 Å². The number of carbonyl (C=O) groups is 1. The number of rotatable bonds is 7. The van der Waals surface area contributed by atoms with Gasteiger partial charge in [-0.25, -0.2) is 0 Å². The van der Waals surface area contributed by atoms with Gasteiger partial charge in [0.1, 0.15) is 12.4 Å². The summed E-state index contributed by atoms with van der Waals surface area (Å²) in [5.74, 6) is 0.292. The van der Waals surface area contributed by atoms with E-state index in [1.54, 1.807) is 12.1 Å². The number of amides is 1. The zero-order chi connectivity index (χ0) is 14.9. The second-order valence-electron chi connectivity index (χ2n) is 4.28. The van der Waals surface area contributed by atoms with E-state index in [2.05, 4.69) is 5.32 Å². The van der Waals surface area contributed by atoms with Gasteiger partial charge in [-0.05, 0) is 17.7 Å². The second kappa shape index (κ2) is 8.29. The molecule has 4 nitrogen and oxygen atoms in total. The number of nitrogens with one attached hydrogen (secondary N) is 1. The molecular weight excluding hydrogens is 290 g/mol. The van der Waals surface area contributed by atoms with E-state index in [-0.39, 0.29) is 18.6 Å². The summed E-state index contributed by atoms with van der Waals surface area (Å²) < 4.78 is 10.6. The molecule has 0 saturated heterocycles. The van der Waals surface area contributed by atoms with Crippen molar-refractivity contribution in [3.8, 4) is 5.75 Å². The third kappa shape index (κ3) is 5.10. The SMILES string of the molecule is O=C(COCc1ccccc1)Nc1ccccc1OCCl. The molecule has 0 aromatic heterocycles. The van der Waals surface area contributed by atoms with Crippen LogP contribution in [0.1, 0.15) is 5.56 Å². The number of hydrogen-bond acceptors (Lipinski definition) is 3. The molecule has 0 aliphatic heterocycles. The topological polar surface area (TPSA) is 47.6 Å². The van der Waals surface area contributed by atoms with Gasteiger partial charge in [-0.1, -0.05) is 54.1 Å². The van der Waals surface area contributed by atoms with Crippen LogP contribution in [0.2, 0.25) is 0 Å². The molecule has 5 heteroatoms. The van der Waals surface area contributed by atoms with Crippen LogP contribution in [0.25, 0.3) is 0 Å². The lowest BCUT2D eigenvalue weighted by molar-refractivity contribution is -0.121. The van der Waals surface area contributed by atoms with Crippen LogP contribution in [0.5, 0.6) is 5.75 Å². The highest BCUT2D eigenvalue weighted by molar-refractivity contribution is 6.17. The highest BCUT2D eigenvalue weighted by Crippen LogP contribution is 2.23. The molecule has 0 radical (unpaired) electrons. The minimum absolute atomic E-state index is 0.0237. The summed E-state index contributed by atoms with van der Waals surface area (Å²) >= 11 is 5.54. The van der Waals surface area contributed by atoms with Crippen LogP contribution in [0.4, 0.5) is 5.69 Å². The third-order valence-electron chi connectivity index (χ3n) is 2.72. The van der Waals surface area contributed by atoms with E-state index in [4.69, 9.17) is 21.1 Å². The molecule has 1 N–H and O–H groups in total. The van der Waals surface area contributed by atoms with E-state index in [1.807, 2.05) is 42.5 Å². The standard InChI is InChI=1S/C16H16ClNO3/c17-12-21-15-9-5-4-8-14(15)18-16(19)11-20-10-13-6-2-1-3-7-13/h1-9H,10-12H2,(H,18,19). The largest absolute Gasteiger partial charge is 0.476 e. The first-order valence-corrected chi connectivity index (χ1v) is 7.02. The molecular formula is C16H16ClNO3. The number of benzene rings is 2. The number of hydrogen-bond donors (Lipinski definition) is 1. The quantitative estimate of drug-likeness (QED) is 0.797. The Morgan fingerprint density at radius 3 is 2.52 bits per heavy atom. The molecule has 0 atom stereocenters. The zero-order valence-corrected chi connectivity index (χ0v) is 12.2. The number of alkyl halides is 1. The molecule has 0 bridgehead atoms. The molecule has 2 rings (SSSR count). The van der Waals surface area contributed by atoms with Crippen molar-refractivity contribution in [2.75, 3.05) is 18.0 Å². The van der Waals surface area contributed by atoms with Gasteiger partial charge in [-0.2, -0.15) is 0 Å². The first kappa shape index (κ1) is 15.4. The maximum atomic E-state index is 11.8. The van der Waals surface area contributed by atoms with Crippen LogP contribution in [0.15, 0.2) is 54.6 Å². The number of carbonyl (C=O) groups excluding carboxylic acids is 1. The number of anilines is 1. The highest BCUT2D eigenvalue weighted by atomic mass is 35.5. The smallest absolute Gasteiger partial charge is 0.250 e. The fraction of sp³-hybridized carbons (Fsp3) is 0.188. The van der Waals surface area contributed by atoms with E-state index in [0.717, 1.165) is 5.56 Å². The maximum absolute atomic E-state index is 11.8. The summed E-state index contributed by atoms with van der Waals surface area (Å²) in [6.45, 7) is 0.373. The highest BCUT2D eigenvalue weighted by Gasteiger charge is 2.07. The van der Waals surface area contributed by atoms with Crippen molar-refractivity contribution in [1.82, 2.24) is 0 Å². The van der Waals surface area contributed by atoms with Gasteiger partial charge in [0.05, 0.1) is 12.3 Å². The van der Waals surface area contributed by atoms with Crippen molar-refractivity contribution < 1.29 is 14.3 Å². The molecule has 110 valence electrons. The van der Waals surface area contributed by atoms with Gasteiger partial charge in [0.15, 0.2) is 6.07 Å². The minimum atomic E-state index is -0.239. The normalized spacial score (nSPS) is 10.1. The number of halogens is 1. The van der Waals surface area contributed by atoms with Crippen molar-refractivity contribution in [2.24, 2.45) is 0 Å². The van der Waals surface area contributed by atoms with Crippen LogP contribution in [-0.4, -0.2) is 18.6 Å². The Labute approximate surface area is 128 Å². The Morgan fingerprint density at radius 2 is 1.76 bits per heavy atom. The van der Waals surface area contributed by atoms with Crippen molar-refractivity contribution in [3.63, 3.8) is 0 Å². The molecule has 0 aliphatic rings. The summed E-state index contributed by atoms with van der Waals surface area (Å²) in [6, 6.07) is 16.8. The summed E-state index contributed by atoms with van der Waals surface area (Å²) in [5.41, 5.74) is 1.60. The van der Waals surface area contributed by atoms with Crippen molar-refractivity contribution in [3.05, 3.63) is 60.2 Å². The van der Waals surface area contributed by atoms with Crippen LogP contribution in [0, 0.1) is 0 Å². The van der Waals surface area contributed by atoms with Gasteiger partial charge in [0.2, 0.25) is 5.91 Å². The van der Waals surface area contributed by atoms with Crippen molar-refractivity contribution >= 4 is 23.2 Å². The fourth-order valence-corrected chi connectivity index (χ4v) is 1.89. The Hall–Kier alpha value is -2.04. The summed E-state index contributed by atoms with van der Waals surface area (Å²) in [5, 5.41) is 2.73. The summed E-state index contributed by atoms with van der Waals surface area (Å²) in [6.07, 6.45) is 0. The number of para-hydroxylation sites is 2. The average Bonchev–Trinajstić information content (AvgIpc) is 2.50. The average molecular weight is 306 g/mol. The zero-order valence-electron chi connectivity index (χ0n) is 11.4. The van der Waals surface area contributed by atoms with E-state index >= 15 is 0 Å².